The third kappa shape index (κ3) is 2.69. The zero-order chi connectivity index (χ0) is 12.6. The summed E-state index contributed by atoms with van der Waals surface area (Å²) in [6, 6.07) is 7.47. The molecule has 0 saturated carbocycles. The average molecular weight is 351 g/mol. The number of hydrogen-bond acceptors (Lipinski definition) is 2. The van der Waals surface area contributed by atoms with Crippen molar-refractivity contribution >= 4 is 50.5 Å². The molecule has 1 heterocycles. The Labute approximate surface area is 123 Å². The molecule has 5 heteroatoms. The summed E-state index contributed by atoms with van der Waals surface area (Å²) >= 11 is 17.1. The van der Waals surface area contributed by atoms with Crippen LogP contribution in [0.1, 0.15) is 22.0 Å². The Morgan fingerprint density at radius 3 is 2.59 bits per heavy atom. The minimum absolute atomic E-state index is 0.192. The molecular formula is C12H10BrCl2NS. The molecule has 1 atom stereocenters. The van der Waals surface area contributed by atoms with Crippen LogP contribution in [0.15, 0.2) is 28.1 Å². The van der Waals surface area contributed by atoms with E-state index in [0.717, 1.165) is 24.8 Å². The van der Waals surface area contributed by atoms with Crippen LogP contribution in [0, 0.1) is 6.92 Å². The van der Waals surface area contributed by atoms with Crippen LogP contribution in [0.25, 0.3) is 0 Å². The second kappa shape index (κ2) is 5.29. The van der Waals surface area contributed by atoms with Crippen molar-refractivity contribution in [2.75, 3.05) is 0 Å². The van der Waals surface area contributed by atoms with Crippen molar-refractivity contribution in [3.05, 3.63) is 54.1 Å². The molecule has 0 aliphatic heterocycles. The second-order valence-electron chi connectivity index (χ2n) is 3.70. The van der Waals surface area contributed by atoms with E-state index in [-0.39, 0.29) is 6.04 Å². The van der Waals surface area contributed by atoms with Gasteiger partial charge in [-0.05, 0) is 46.1 Å². The first-order valence-corrected chi connectivity index (χ1v) is 7.32. The number of nitrogens with two attached hydrogens (primary N) is 1. The molecule has 2 rings (SSSR count). The van der Waals surface area contributed by atoms with E-state index in [1.54, 1.807) is 11.3 Å². The predicted octanol–water partition coefficient (Wildman–Crippen LogP) is 5.17. The minimum Gasteiger partial charge on any atom is -0.320 e. The fraction of sp³-hybridized carbons (Fsp3) is 0.167. The molecule has 1 unspecified atom stereocenters. The molecule has 0 spiro atoms. The second-order valence-corrected chi connectivity index (χ2v) is 6.92. The smallest absolute Gasteiger partial charge is 0.0888 e. The van der Waals surface area contributed by atoms with Crippen molar-refractivity contribution in [3.63, 3.8) is 0 Å². The Kier molecular flexibility index (Phi) is 4.16. The van der Waals surface area contributed by atoms with Crippen molar-refractivity contribution in [1.82, 2.24) is 0 Å². The van der Waals surface area contributed by atoms with Gasteiger partial charge in [0.15, 0.2) is 0 Å². The number of halogens is 3. The predicted molar refractivity (Wildman–Crippen MR) is 79.2 cm³/mol. The maximum atomic E-state index is 6.24. The Bertz CT molecular complexity index is 534. The highest BCUT2D eigenvalue weighted by Gasteiger charge is 2.16. The molecule has 0 aliphatic rings. The summed E-state index contributed by atoms with van der Waals surface area (Å²) in [5, 5.41) is 1.43. The normalized spacial score (nSPS) is 12.8. The van der Waals surface area contributed by atoms with Crippen LogP contribution in [-0.4, -0.2) is 0 Å². The molecule has 0 saturated heterocycles. The lowest BCUT2D eigenvalue weighted by atomic mass is 10.0. The minimum atomic E-state index is -0.192. The molecule has 1 aromatic heterocycles. The number of benzene rings is 1. The topological polar surface area (TPSA) is 26.0 Å². The number of thiophene rings is 1. The fourth-order valence-corrected chi connectivity index (χ4v) is 3.58. The lowest BCUT2D eigenvalue weighted by Gasteiger charge is -2.13. The van der Waals surface area contributed by atoms with Crippen molar-refractivity contribution < 1.29 is 0 Å². The molecule has 0 bridgehead atoms. The number of rotatable bonds is 2. The maximum absolute atomic E-state index is 6.24. The van der Waals surface area contributed by atoms with Gasteiger partial charge in [-0.1, -0.05) is 35.3 Å². The molecule has 2 N–H and O–H groups in total. The highest BCUT2D eigenvalue weighted by atomic mass is 79.9. The van der Waals surface area contributed by atoms with Gasteiger partial charge >= 0.3 is 0 Å². The van der Waals surface area contributed by atoms with Gasteiger partial charge in [-0.3, -0.25) is 0 Å². The lowest BCUT2D eigenvalue weighted by Crippen LogP contribution is -2.11. The summed E-state index contributed by atoms with van der Waals surface area (Å²) in [7, 11) is 0. The molecule has 1 aromatic carbocycles. The van der Waals surface area contributed by atoms with Crippen LogP contribution in [0.2, 0.25) is 10.0 Å². The Morgan fingerprint density at radius 2 is 2.00 bits per heavy atom. The molecule has 90 valence electrons. The third-order valence-electron chi connectivity index (χ3n) is 2.62. The molecule has 0 amide bonds. The first-order chi connectivity index (χ1) is 8.00. The standard InChI is InChI=1S/C12H10BrCl2NS/c1-6-7(3-2-4-8(6)14)11(16)10-5-9(15)12(13)17-10/h2-5,11H,16H2,1H3. The molecule has 0 aliphatic carbocycles. The molecule has 1 nitrogen and oxygen atoms in total. The van der Waals surface area contributed by atoms with Gasteiger partial charge in [0.25, 0.3) is 0 Å². The van der Waals surface area contributed by atoms with Gasteiger partial charge in [0.2, 0.25) is 0 Å². The van der Waals surface area contributed by atoms with Crippen LogP contribution >= 0.6 is 50.5 Å². The van der Waals surface area contributed by atoms with Crippen LogP contribution in [0.5, 0.6) is 0 Å². The molecule has 0 fully saturated rings. The summed E-state index contributed by atoms with van der Waals surface area (Å²) in [5.41, 5.74) is 8.29. The van der Waals surface area contributed by atoms with Crippen LogP contribution in [-0.2, 0) is 0 Å². The van der Waals surface area contributed by atoms with Gasteiger partial charge in [0.05, 0.1) is 14.9 Å². The van der Waals surface area contributed by atoms with Gasteiger partial charge in [0.1, 0.15) is 0 Å². The third-order valence-corrected chi connectivity index (χ3v) is 5.58. The summed E-state index contributed by atoms with van der Waals surface area (Å²) in [5.74, 6) is 0. The van der Waals surface area contributed by atoms with Gasteiger partial charge in [-0.15, -0.1) is 11.3 Å². The summed E-state index contributed by atoms with van der Waals surface area (Å²) < 4.78 is 0.907. The van der Waals surface area contributed by atoms with Crippen LogP contribution in [0.3, 0.4) is 0 Å². The van der Waals surface area contributed by atoms with Crippen molar-refractivity contribution in [2.24, 2.45) is 5.73 Å². The summed E-state index contributed by atoms with van der Waals surface area (Å²) in [4.78, 5) is 1.02. The monoisotopic (exact) mass is 349 g/mol. The van der Waals surface area contributed by atoms with Crippen molar-refractivity contribution in [1.29, 1.82) is 0 Å². The average Bonchev–Trinajstić information content (AvgIpc) is 2.62. The van der Waals surface area contributed by atoms with Gasteiger partial charge in [0, 0.05) is 9.90 Å². The molecular weight excluding hydrogens is 341 g/mol. The number of hydrogen-bond donors (Lipinski definition) is 1. The van der Waals surface area contributed by atoms with E-state index in [1.807, 2.05) is 31.2 Å². The first kappa shape index (κ1) is 13.4. The van der Waals surface area contributed by atoms with E-state index in [1.165, 1.54) is 0 Å². The van der Waals surface area contributed by atoms with Gasteiger partial charge in [-0.25, -0.2) is 0 Å². The van der Waals surface area contributed by atoms with Gasteiger partial charge in [-0.2, -0.15) is 0 Å². The SMILES string of the molecule is Cc1c(Cl)cccc1C(N)c1cc(Cl)c(Br)s1. The fourth-order valence-electron chi connectivity index (χ4n) is 1.63. The molecule has 2 aromatic rings. The van der Waals surface area contributed by atoms with E-state index in [0.29, 0.717) is 5.02 Å². The highest BCUT2D eigenvalue weighted by Crippen LogP contribution is 2.37. The Balaban J connectivity index is 2.43. The van der Waals surface area contributed by atoms with E-state index in [2.05, 4.69) is 15.9 Å². The van der Waals surface area contributed by atoms with Crippen molar-refractivity contribution in [2.45, 2.75) is 13.0 Å². The summed E-state index contributed by atoms with van der Waals surface area (Å²) in [6.07, 6.45) is 0. The largest absolute Gasteiger partial charge is 0.320 e. The van der Waals surface area contributed by atoms with Gasteiger partial charge < -0.3 is 5.73 Å². The Hall–Kier alpha value is -0.0600. The molecule has 0 radical (unpaired) electrons. The van der Waals surface area contributed by atoms with Crippen LogP contribution in [0.4, 0.5) is 0 Å². The van der Waals surface area contributed by atoms with E-state index in [9.17, 15) is 0 Å². The maximum Gasteiger partial charge on any atom is 0.0888 e. The zero-order valence-corrected chi connectivity index (χ0v) is 12.9. The summed E-state index contributed by atoms with van der Waals surface area (Å²) in [6.45, 7) is 1.97. The van der Waals surface area contributed by atoms with E-state index < -0.39 is 0 Å². The molecule has 17 heavy (non-hydrogen) atoms. The van der Waals surface area contributed by atoms with Crippen LogP contribution < -0.4 is 5.73 Å². The van der Waals surface area contributed by atoms with Crippen molar-refractivity contribution in [3.8, 4) is 0 Å². The quantitative estimate of drug-likeness (QED) is 0.793. The lowest BCUT2D eigenvalue weighted by molar-refractivity contribution is 0.883. The van der Waals surface area contributed by atoms with E-state index in [4.69, 9.17) is 28.9 Å². The first-order valence-electron chi connectivity index (χ1n) is 4.96. The zero-order valence-electron chi connectivity index (χ0n) is 9.01. The highest BCUT2D eigenvalue weighted by molar-refractivity contribution is 9.11. The Morgan fingerprint density at radius 1 is 1.29 bits per heavy atom. The van der Waals surface area contributed by atoms with E-state index >= 15 is 0 Å².